The van der Waals surface area contributed by atoms with Crippen molar-refractivity contribution in [1.82, 2.24) is 20.8 Å². The van der Waals surface area contributed by atoms with E-state index in [-0.39, 0.29) is 35.0 Å². The van der Waals surface area contributed by atoms with Gasteiger partial charge in [0.1, 0.15) is 11.4 Å². The van der Waals surface area contributed by atoms with Crippen LogP contribution in [0.3, 0.4) is 0 Å². The van der Waals surface area contributed by atoms with Gasteiger partial charge in [-0.15, -0.1) is 24.0 Å². The van der Waals surface area contributed by atoms with E-state index in [9.17, 15) is 0 Å². The summed E-state index contributed by atoms with van der Waals surface area (Å²) in [7, 11) is 0. The van der Waals surface area contributed by atoms with Gasteiger partial charge in [0.2, 0.25) is 5.89 Å². The molecule has 2 rings (SSSR count). The van der Waals surface area contributed by atoms with Crippen molar-refractivity contribution in [2.24, 2.45) is 4.99 Å². The molecule has 0 bridgehead atoms. The molecule has 30 heavy (non-hydrogen) atoms. The molecule has 0 radical (unpaired) electrons. The summed E-state index contributed by atoms with van der Waals surface area (Å²) in [6, 6.07) is 6.20. The molecule has 1 aromatic heterocycles. The Balaban J connectivity index is 0.00000450. The molecule has 168 valence electrons. The molecule has 8 heteroatoms. The van der Waals surface area contributed by atoms with Gasteiger partial charge in [0.15, 0.2) is 11.8 Å². The minimum atomic E-state index is -0.265. The van der Waals surface area contributed by atoms with E-state index in [1.54, 1.807) is 0 Å². The van der Waals surface area contributed by atoms with Crippen LogP contribution < -0.4 is 15.4 Å². The molecule has 0 amide bonds. The fraction of sp³-hybridized carbons (Fsp3) is 0.591. The summed E-state index contributed by atoms with van der Waals surface area (Å²) in [5.41, 5.74) is 1.77. The molecule has 0 spiro atoms. The van der Waals surface area contributed by atoms with Gasteiger partial charge in [-0.2, -0.15) is 4.98 Å². The highest BCUT2D eigenvalue weighted by atomic mass is 127. The van der Waals surface area contributed by atoms with E-state index in [1.165, 1.54) is 0 Å². The summed E-state index contributed by atoms with van der Waals surface area (Å²) < 4.78 is 11.5. The lowest BCUT2D eigenvalue weighted by molar-refractivity contribution is 0.129. The van der Waals surface area contributed by atoms with E-state index >= 15 is 0 Å². The smallest absolute Gasteiger partial charge is 0.232 e. The van der Waals surface area contributed by atoms with E-state index in [1.807, 2.05) is 48.5 Å². The standard InChI is InChI=1S/C22H35N5O2.HI/c1-9-23-20(25-14-18-26-19(29-27-18)21(3,4)5)24-13-16-11-10-15(2)12-17(16)28-22(6,7)8;/h10-12H,9,13-14H2,1-8H3,(H2,23,24,25);1H. The lowest BCUT2D eigenvalue weighted by atomic mass is 9.97. The third-order valence-corrected chi connectivity index (χ3v) is 3.91. The molecule has 0 aliphatic rings. The Morgan fingerprint density at radius 1 is 1.13 bits per heavy atom. The maximum absolute atomic E-state index is 6.13. The monoisotopic (exact) mass is 529 g/mol. The third kappa shape index (κ3) is 8.49. The van der Waals surface area contributed by atoms with Crippen molar-refractivity contribution in [3.63, 3.8) is 0 Å². The number of hydrogen-bond acceptors (Lipinski definition) is 5. The molecule has 1 aromatic carbocycles. The molecule has 0 aliphatic carbocycles. The fourth-order valence-electron chi connectivity index (χ4n) is 2.52. The third-order valence-electron chi connectivity index (χ3n) is 3.91. The van der Waals surface area contributed by atoms with Crippen LogP contribution in [0.1, 0.15) is 71.3 Å². The molecule has 0 saturated carbocycles. The first-order chi connectivity index (χ1) is 13.5. The van der Waals surface area contributed by atoms with Gasteiger partial charge in [-0.3, -0.25) is 0 Å². The number of aliphatic imine (C=N–C) groups is 1. The van der Waals surface area contributed by atoms with Crippen LogP contribution in [-0.2, 0) is 18.5 Å². The van der Waals surface area contributed by atoms with E-state index in [4.69, 9.17) is 14.3 Å². The maximum atomic E-state index is 6.13. The molecular formula is C22H36IN5O2. The lowest BCUT2D eigenvalue weighted by Gasteiger charge is -2.23. The molecule has 0 unspecified atom stereocenters. The molecule has 2 aromatic rings. The highest BCUT2D eigenvalue weighted by Crippen LogP contribution is 2.25. The first-order valence-corrected chi connectivity index (χ1v) is 10.1. The largest absolute Gasteiger partial charge is 0.488 e. The molecule has 0 fully saturated rings. The second-order valence-corrected chi connectivity index (χ2v) is 9.14. The van der Waals surface area contributed by atoms with Crippen LogP contribution in [0.2, 0.25) is 0 Å². The predicted molar refractivity (Wildman–Crippen MR) is 132 cm³/mol. The van der Waals surface area contributed by atoms with Crippen LogP contribution in [0.15, 0.2) is 27.7 Å². The average molecular weight is 529 g/mol. The summed E-state index contributed by atoms with van der Waals surface area (Å²) in [5, 5.41) is 10.6. The number of aryl methyl sites for hydroxylation is 1. The van der Waals surface area contributed by atoms with E-state index in [0.717, 1.165) is 23.4 Å². The zero-order chi connectivity index (χ0) is 21.7. The van der Waals surface area contributed by atoms with Gasteiger partial charge in [-0.1, -0.05) is 38.1 Å². The summed E-state index contributed by atoms with van der Waals surface area (Å²) >= 11 is 0. The normalized spacial score (nSPS) is 12.3. The second-order valence-electron chi connectivity index (χ2n) is 9.14. The molecule has 0 aliphatic heterocycles. The van der Waals surface area contributed by atoms with Gasteiger partial charge in [-0.05, 0) is 46.2 Å². The Morgan fingerprint density at radius 2 is 1.83 bits per heavy atom. The number of guanidine groups is 1. The number of rotatable bonds is 6. The van der Waals surface area contributed by atoms with Gasteiger partial charge in [0.25, 0.3) is 0 Å². The molecule has 0 atom stereocenters. The second kappa shape index (κ2) is 11.0. The van der Waals surface area contributed by atoms with Crippen molar-refractivity contribution in [1.29, 1.82) is 0 Å². The Labute approximate surface area is 197 Å². The van der Waals surface area contributed by atoms with Crippen LogP contribution >= 0.6 is 24.0 Å². The van der Waals surface area contributed by atoms with E-state index in [0.29, 0.717) is 30.8 Å². The van der Waals surface area contributed by atoms with Crippen molar-refractivity contribution in [2.45, 2.75) is 79.5 Å². The van der Waals surface area contributed by atoms with Crippen molar-refractivity contribution < 1.29 is 9.26 Å². The Bertz CT molecular complexity index is 835. The first kappa shape index (κ1) is 26.2. The highest BCUT2D eigenvalue weighted by molar-refractivity contribution is 14.0. The minimum Gasteiger partial charge on any atom is -0.488 e. The van der Waals surface area contributed by atoms with Gasteiger partial charge < -0.3 is 19.9 Å². The number of nitrogens with zero attached hydrogens (tertiary/aromatic N) is 3. The number of nitrogens with one attached hydrogen (secondary N) is 2. The number of halogens is 1. The highest BCUT2D eigenvalue weighted by Gasteiger charge is 2.21. The van der Waals surface area contributed by atoms with Crippen molar-refractivity contribution in [2.75, 3.05) is 6.54 Å². The summed E-state index contributed by atoms with van der Waals surface area (Å²) in [5.74, 6) is 2.79. The van der Waals surface area contributed by atoms with Crippen LogP contribution in [0.5, 0.6) is 5.75 Å². The minimum absolute atomic E-state index is 0. The molecule has 1 heterocycles. The van der Waals surface area contributed by atoms with Crippen LogP contribution in [0, 0.1) is 6.92 Å². The number of hydrogen-bond donors (Lipinski definition) is 2. The van der Waals surface area contributed by atoms with Gasteiger partial charge >= 0.3 is 0 Å². The first-order valence-electron chi connectivity index (χ1n) is 10.1. The molecular weight excluding hydrogens is 493 g/mol. The summed E-state index contributed by atoms with van der Waals surface area (Å²) in [6.07, 6.45) is 0. The van der Waals surface area contributed by atoms with E-state index in [2.05, 4.69) is 45.9 Å². The zero-order valence-electron chi connectivity index (χ0n) is 19.4. The topological polar surface area (TPSA) is 84.6 Å². The zero-order valence-corrected chi connectivity index (χ0v) is 21.8. The van der Waals surface area contributed by atoms with Crippen LogP contribution in [0.25, 0.3) is 0 Å². The van der Waals surface area contributed by atoms with Crippen LogP contribution in [-0.4, -0.2) is 28.2 Å². The van der Waals surface area contributed by atoms with Gasteiger partial charge in [-0.25, -0.2) is 4.99 Å². The fourth-order valence-corrected chi connectivity index (χ4v) is 2.52. The maximum Gasteiger partial charge on any atom is 0.232 e. The van der Waals surface area contributed by atoms with E-state index < -0.39 is 0 Å². The summed E-state index contributed by atoms with van der Waals surface area (Å²) in [4.78, 5) is 9.16. The van der Waals surface area contributed by atoms with Crippen molar-refractivity contribution in [3.8, 4) is 5.75 Å². The SMILES string of the molecule is CCNC(=NCc1ccc(C)cc1OC(C)(C)C)NCc1noc(C(C)(C)C)n1.I. The average Bonchev–Trinajstić information content (AvgIpc) is 3.06. The number of benzene rings is 1. The number of ether oxygens (including phenoxy) is 1. The van der Waals surface area contributed by atoms with Gasteiger partial charge in [0, 0.05) is 17.5 Å². The van der Waals surface area contributed by atoms with Crippen LogP contribution in [0.4, 0.5) is 0 Å². The Kier molecular flexibility index (Phi) is 9.58. The summed E-state index contributed by atoms with van der Waals surface area (Å²) in [6.45, 7) is 18.1. The number of aromatic nitrogens is 2. The lowest BCUT2D eigenvalue weighted by Crippen LogP contribution is -2.37. The molecule has 7 nitrogen and oxygen atoms in total. The van der Waals surface area contributed by atoms with Gasteiger partial charge in [0.05, 0.1) is 13.1 Å². The Morgan fingerprint density at radius 3 is 2.40 bits per heavy atom. The van der Waals surface area contributed by atoms with Crippen molar-refractivity contribution in [3.05, 3.63) is 41.0 Å². The van der Waals surface area contributed by atoms with Crippen molar-refractivity contribution >= 4 is 29.9 Å². The molecule has 2 N–H and O–H groups in total. The quantitative estimate of drug-likeness (QED) is 0.320. The predicted octanol–water partition coefficient (Wildman–Crippen LogP) is 4.73. The molecule has 0 saturated heterocycles. The Hall–Kier alpha value is -1.84.